The van der Waals surface area contributed by atoms with Gasteiger partial charge in [-0.05, 0) is 39.7 Å². The Morgan fingerprint density at radius 3 is 2.81 bits per heavy atom. The van der Waals surface area contributed by atoms with Crippen LogP contribution in [0.25, 0.3) is 0 Å². The summed E-state index contributed by atoms with van der Waals surface area (Å²) in [5, 5.41) is 22.6. The summed E-state index contributed by atoms with van der Waals surface area (Å²) in [6, 6.07) is 10.6. The van der Waals surface area contributed by atoms with E-state index in [9.17, 15) is 14.5 Å². The Labute approximate surface area is 128 Å². The minimum Gasteiger partial charge on any atom is -0.381 e. The lowest BCUT2D eigenvalue weighted by atomic mass is 10.1. The van der Waals surface area contributed by atoms with Gasteiger partial charge in [-0.1, -0.05) is 12.1 Å². The fourth-order valence-corrected chi connectivity index (χ4v) is 2.31. The molecule has 0 saturated heterocycles. The van der Waals surface area contributed by atoms with Crippen molar-refractivity contribution < 1.29 is 9.31 Å². The quantitative estimate of drug-likeness (QED) is 0.668. The molecule has 2 aromatic rings. The highest BCUT2D eigenvalue weighted by molar-refractivity contribution is 9.10. The standard InChI is InChI=1S/C14H9BrFN3O2/c15-14-9(2-1-3-13(14)19(20)21)8-18-11-4-5-12(16)10(6-11)7-17/h1-6,18H,8H2. The number of nitrogens with one attached hydrogen (secondary N) is 1. The van der Waals surface area contributed by atoms with Crippen LogP contribution < -0.4 is 5.32 Å². The van der Waals surface area contributed by atoms with Gasteiger partial charge in [-0.15, -0.1) is 0 Å². The van der Waals surface area contributed by atoms with Crippen LogP contribution in [-0.4, -0.2) is 4.92 Å². The summed E-state index contributed by atoms with van der Waals surface area (Å²) in [6.07, 6.45) is 0. The molecule has 106 valence electrons. The van der Waals surface area contributed by atoms with E-state index in [-0.39, 0.29) is 11.3 Å². The largest absolute Gasteiger partial charge is 0.381 e. The molecule has 0 unspecified atom stereocenters. The average Bonchev–Trinajstić information content (AvgIpc) is 2.47. The molecule has 0 aliphatic rings. The van der Waals surface area contributed by atoms with E-state index in [2.05, 4.69) is 21.2 Å². The van der Waals surface area contributed by atoms with Crippen LogP contribution in [0, 0.1) is 27.3 Å². The van der Waals surface area contributed by atoms with Gasteiger partial charge in [-0.3, -0.25) is 10.1 Å². The van der Waals surface area contributed by atoms with Crippen LogP contribution in [0.1, 0.15) is 11.1 Å². The first-order valence-electron chi connectivity index (χ1n) is 5.88. The average molecular weight is 350 g/mol. The Morgan fingerprint density at radius 1 is 1.38 bits per heavy atom. The van der Waals surface area contributed by atoms with Crippen molar-refractivity contribution in [2.75, 3.05) is 5.32 Å². The van der Waals surface area contributed by atoms with E-state index in [4.69, 9.17) is 5.26 Å². The molecule has 2 aromatic carbocycles. The van der Waals surface area contributed by atoms with Crippen molar-refractivity contribution >= 4 is 27.3 Å². The van der Waals surface area contributed by atoms with Crippen LogP contribution in [-0.2, 0) is 6.54 Å². The lowest BCUT2D eigenvalue weighted by Gasteiger charge is -2.09. The molecule has 0 amide bonds. The lowest BCUT2D eigenvalue weighted by Crippen LogP contribution is -2.02. The molecular weight excluding hydrogens is 341 g/mol. The summed E-state index contributed by atoms with van der Waals surface area (Å²) in [7, 11) is 0. The first kappa shape index (κ1) is 14.9. The Morgan fingerprint density at radius 2 is 2.14 bits per heavy atom. The van der Waals surface area contributed by atoms with E-state index in [0.717, 1.165) is 0 Å². The Hall–Kier alpha value is -2.46. The zero-order valence-electron chi connectivity index (χ0n) is 10.6. The van der Waals surface area contributed by atoms with Crippen molar-refractivity contribution in [2.45, 2.75) is 6.54 Å². The maximum Gasteiger partial charge on any atom is 0.283 e. The van der Waals surface area contributed by atoms with Crippen molar-refractivity contribution in [2.24, 2.45) is 0 Å². The van der Waals surface area contributed by atoms with Crippen molar-refractivity contribution in [3.05, 3.63) is 67.9 Å². The second kappa shape index (κ2) is 6.33. The molecule has 1 N–H and O–H groups in total. The number of halogens is 2. The Balaban J connectivity index is 2.19. The van der Waals surface area contributed by atoms with Gasteiger partial charge in [0.2, 0.25) is 0 Å². The lowest BCUT2D eigenvalue weighted by molar-refractivity contribution is -0.385. The van der Waals surface area contributed by atoms with Crippen molar-refractivity contribution in [3.8, 4) is 6.07 Å². The predicted molar refractivity (Wildman–Crippen MR) is 79.2 cm³/mol. The molecule has 0 bridgehead atoms. The molecule has 0 radical (unpaired) electrons. The van der Waals surface area contributed by atoms with Gasteiger partial charge >= 0.3 is 0 Å². The summed E-state index contributed by atoms with van der Waals surface area (Å²) in [6.45, 7) is 0.304. The third-order valence-electron chi connectivity index (χ3n) is 2.82. The summed E-state index contributed by atoms with van der Waals surface area (Å²) < 4.78 is 13.6. The Bertz CT molecular complexity index is 743. The van der Waals surface area contributed by atoms with Gasteiger partial charge in [0, 0.05) is 18.3 Å². The highest BCUT2D eigenvalue weighted by Crippen LogP contribution is 2.28. The second-order valence-electron chi connectivity index (χ2n) is 4.17. The number of hydrogen-bond acceptors (Lipinski definition) is 4. The Kier molecular flexibility index (Phi) is 4.50. The molecule has 0 spiro atoms. The van der Waals surface area contributed by atoms with Crippen molar-refractivity contribution in [3.63, 3.8) is 0 Å². The van der Waals surface area contributed by atoms with Crippen LogP contribution in [0.15, 0.2) is 40.9 Å². The number of hydrogen-bond donors (Lipinski definition) is 1. The van der Waals surface area contributed by atoms with E-state index >= 15 is 0 Å². The van der Waals surface area contributed by atoms with Gasteiger partial charge in [-0.2, -0.15) is 5.26 Å². The van der Waals surface area contributed by atoms with E-state index in [0.29, 0.717) is 22.3 Å². The number of nitro groups is 1. The third-order valence-corrected chi connectivity index (χ3v) is 3.74. The highest BCUT2D eigenvalue weighted by Gasteiger charge is 2.14. The molecule has 0 atom stereocenters. The number of nitriles is 1. The van der Waals surface area contributed by atoms with Crippen LogP contribution in [0.3, 0.4) is 0 Å². The van der Waals surface area contributed by atoms with Gasteiger partial charge in [-0.25, -0.2) is 4.39 Å². The second-order valence-corrected chi connectivity index (χ2v) is 4.96. The molecule has 7 heteroatoms. The van der Waals surface area contributed by atoms with Gasteiger partial charge in [0.1, 0.15) is 16.4 Å². The molecule has 0 aromatic heterocycles. The minimum atomic E-state index is -0.584. The molecule has 2 rings (SSSR count). The summed E-state index contributed by atoms with van der Waals surface area (Å²) >= 11 is 3.20. The summed E-state index contributed by atoms with van der Waals surface area (Å²) in [5.74, 6) is -0.584. The maximum absolute atomic E-state index is 13.2. The van der Waals surface area contributed by atoms with E-state index in [1.807, 2.05) is 0 Å². The van der Waals surface area contributed by atoms with Crippen LogP contribution in [0.5, 0.6) is 0 Å². The maximum atomic E-state index is 13.2. The van der Waals surface area contributed by atoms with E-state index in [1.54, 1.807) is 18.2 Å². The molecule has 0 saturated carbocycles. The fraction of sp³-hybridized carbons (Fsp3) is 0.0714. The number of benzene rings is 2. The van der Waals surface area contributed by atoms with Gasteiger partial charge in [0.15, 0.2) is 0 Å². The van der Waals surface area contributed by atoms with E-state index in [1.165, 1.54) is 24.3 Å². The predicted octanol–water partition coefficient (Wildman–Crippen LogP) is 3.98. The van der Waals surface area contributed by atoms with Crippen molar-refractivity contribution in [1.29, 1.82) is 5.26 Å². The number of nitro benzene ring substituents is 1. The first-order chi connectivity index (χ1) is 10.0. The fourth-order valence-electron chi connectivity index (χ4n) is 1.76. The molecule has 21 heavy (non-hydrogen) atoms. The van der Waals surface area contributed by atoms with Gasteiger partial charge < -0.3 is 5.32 Å². The summed E-state index contributed by atoms with van der Waals surface area (Å²) in [5.41, 5.74) is 1.17. The molecular formula is C14H9BrFN3O2. The summed E-state index contributed by atoms with van der Waals surface area (Å²) in [4.78, 5) is 10.4. The topological polar surface area (TPSA) is 79.0 Å². The van der Waals surface area contributed by atoms with Crippen molar-refractivity contribution in [1.82, 2.24) is 0 Å². The SMILES string of the molecule is N#Cc1cc(NCc2cccc([N+](=O)[O-])c2Br)ccc1F. The molecule has 0 heterocycles. The third kappa shape index (κ3) is 3.35. The van der Waals surface area contributed by atoms with Gasteiger partial charge in [0.25, 0.3) is 5.69 Å². The smallest absolute Gasteiger partial charge is 0.283 e. The number of anilines is 1. The van der Waals surface area contributed by atoms with Crippen LogP contribution in [0.2, 0.25) is 0 Å². The van der Waals surface area contributed by atoms with Gasteiger partial charge in [0.05, 0.1) is 10.5 Å². The molecule has 0 aliphatic heterocycles. The number of nitrogens with zero attached hydrogens (tertiary/aromatic N) is 2. The zero-order chi connectivity index (χ0) is 15.4. The molecule has 0 fully saturated rings. The van der Waals surface area contributed by atoms with E-state index < -0.39 is 10.7 Å². The monoisotopic (exact) mass is 349 g/mol. The number of rotatable bonds is 4. The zero-order valence-corrected chi connectivity index (χ0v) is 12.2. The molecule has 5 nitrogen and oxygen atoms in total. The normalized spacial score (nSPS) is 9.95. The van der Waals surface area contributed by atoms with Crippen LogP contribution in [0.4, 0.5) is 15.8 Å². The van der Waals surface area contributed by atoms with Crippen LogP contribution >= 0.6 is 15.9 Å². The first-order valence-corrected chi connectivity index (χ1v) is 6.67. The minimum absolute atomic E-state index is 0.0221. The molecule has 0 aliphatic carbocycles. The highest BCUT2D eigenvalue weighted by atomic mass is 79.9.